The number of amides is 2. The minimum absolute atomic E-state index is 0.0251. The Hall–Kier alpha value is -1.26. The molecule has 2 amide bonds. The first-order chi connectivity index (χ1) is 14.0. The molecule has 0 spiro atoms. The number of piperidine rings is 1. The highest BCUT2D eigenvalue weighted by molar-refractivity contribution is 5.80. The van der Waals surface area contributed by atoms with Crippen LogP contribution in [-0.2, 0) is 14.3 Å². The van der Waals surface area contributed by atoms with E-state index in [2.05, 4.69) is 15.5 Å². The van der Waals surface area contributed by atoms with Crippen LogP contribution in [0.25, 0.3) is 0 Å². The van der Waals surface area contributed by atoms with Crippen LogP contribution in [-0.4, -0.2) is 102 Å². The molecule has 1 aliphatic carbocycles. The topological polar surface area (TPSA) is 119 Å². The number of nitrogens with two attached hydrogens (primary N) is 1. The van der Waals surface area contributed by atoms with Crippen molar-refractivity contribution in [1.29, 1.82) is 0 Å². The first-order valence-corrected chi connectivity index (χ1v) is 11.2. The molecule has 5 atom stereocenters. The molecule has 3 saturated heterocycles. The second-order valence-corrected chi connectivity index (χ2v) is 8.92. The summed E-state index contributed by atoms with van der Waals surface area (Å²) in [5.74, 6) is 0.0137. The number of quaternary nitrogens is 1. The second kappa shape index (κ2) is 9.26. The Morgan fingerprint density at radius 1 is 1.00 bits per heavy atom. The fourth-order valence-corrected chi connectivity index (χ4v) is 4.72. The van der Waals surface area contributed by atoms with Gasteiger partial charge in [0.25, 0.3) is 0 Å². The highest BCUT2D eigenvalue weighted by Gasteiger charge is 2.44. The van der Waals surface area contributed by atoms with E-state index in [-0.39, 0.29) is 30.7 Å². The van der Waals surface area contributed by atoms with Gasteiger partial charge in [-0.05, 0) is 25.7 Å². The number of carbonyl (C=O) groups is 2. The molecule has 4 fully saturated rings. The lowest BCUT2D eigenvalue weighted by Crippen LogP contribution is -2.95. The molecule has 29 heavy (non-hydrogen) atoms. The normalized spacial score (nSPS) is 36.2. The first kappa shape index (κ1) is 21.0. The summed E-state index contributed by atoms with van der Waals surface area (Å²) >= 11 is 0. The maximum atomic E-state index is 12.7. The summed E-state index contributed by atoms with van der Waals surface area (Å²) < 4.78 is 5.74. The third-order valence-corrected chi connectivity index (χ3v) is 6.79. The zero-order valence-electron chi connectivity index (χ0n) is 17.0. The van der Waals surface area contributed by atoms with Gasteiger partial charge in [-0.3, -0.25) is 14.5 Å². The summed E-state index contributed by atoms with van der Waals surface area (Å²) in [7, 11) is 0. The van der Waals surface area contributed by atoms with Crippen LogP contribution in [0.4, 0.5) is 0 Å². The number of piperazine rings is 1. The van der Waals surface area contributed by atoms with Crippen molar-refractivity contribution in [2.24, 2.45) is 5.92 Å². The van der Waals surface area contributed by atoms with E-state index < -0.39 is 24.4 Å². The molecule has 0 bridgehead atoms. The van der Waals surface area contributed by atoms with Gasteiger partial charge in [-0.1, -0.05) is 0 Å². The number of ether oxygens (including phenoxy) is 1. The Balaban J connectivity index is 1.21. The van der Waals surface area contributed by atoms with E-state index in [1.165, 1.54) is 25.8 Å². The summed E-state index contributed by atoms with van der Waals surface area (Å²) in [5, 5.41) is 25.7. The molecule has 1 saturated carbocycles. The Labute approximate surface area is 171 Å². The van der Waals surface area contributed by atoms with Gasteiger partial charge >= 0.3 is 0 Å². The molecule has 3 aliphatic heterocycles. The predicted molar refractivity (Wildman–Crippen MR) is 104 cm³/mol. The van der Waals surface area contributed by atoms with Crippen LogP contribution in [0.3, 0.4) is 0 Å². The van der Waals surface area contributed by atoms with Crippen LogP contribution in [0.5, 0.6) is 0 Å². The Bertz CT molecular complexity index is 587. The molecule has 1 unspecified atom stereocenters. The fourth-order valence-electron chi connectivity index (χ4n) is 4.72. The van der Waals surface area contributed by atoms with E-state index in [1.54, 1.807) is 0 Å². The zero-order chi connectivity index (χ0) is 20.4. The average Bonchev–Trinajstić information content (AvgIpc) is 3.57. The van der Waals surface area contributed by atoms with Gasteiger partial charge in [-0.25, -0.2) is 0 Å². The van der Waals surface area contributed by atoms with Crippen LogP contribution in [0.1, 0.15) is 38.5 Å². The van der Waals surface area contributed by atoms with Crippen molar-refractivity contribution in [3.05, 3.63) is 0 Å². The lowest BCUT2D eigenvalue weighted by atomic mass is 10.0. The van der Waals surface area contributed by atoms with Crippen molar-refractivity contribution in [2.75, 3.05) is 39.3 Å². The van der Waals surface area contributed by atoms with Crippen molar-refractivity contribution in [3.8, 4) is 0 Å². The minimum Gasteiger partial charge on any atom is -0.388 e. The highest BCUT2D eigenvalue weighted by Crippen LogP contribution is 2.29. The third-order valence-electron chi connectivity index (χ3n) is 6.79. The number of hydrogen-bond acceptors (Lipinski definition) is 6. The van der Waals surface area contributed by atoms with Crippen molar-refractivity contribution in [3.63, 3.8) is 0 Å². The maximum Gasteiger partial charge on any atom is 0.225 e. The molecular formula is C20H35N4O5+. The van der Waals surface area contributed by atoms with E-state index in [4.69, 9.17) is 4.74 Å². The van der Waals surface area contributed by atoms with Gasteiger partial charge in [-0.2, -0.15) is 0 Å². The molecule has 3 heterocycles. The Morgan fingerprint density at radius 2 is 1.72 bits per heavy atom. The Morgan fingerprint density at radius 3 is 2.38 bits per heavy atom. The van der Waals surface area contributed by atoms with E-state index >= 15 is 0 Å². The fraction of sp³-hybridized carbons (Fsp3) is 0.900. The van der Waals surface area contributed by atoms with Crippen molar-refractivity contribution < 1.29 is 29.9 Å². The van der Waals surface area contributed by atoms with Crippen molar-refractivity contribution >= 4 is 11.8 Å². The van der Waals surface area contributed by atoms with Crippen LogP contribution in [0, 0.1) is 5.92 Å². The summed E-state index contributed by atoms with van der Waals surface area (Å²) in [6.07, 6.45) is 2.59. The maximum absolute atomic E-state index is 12.7. The predicted octanol–water partition coefficient (Wildman–Crippen LogP) is -2.39. The minimum atomic E-state index is -1.11. The van der Waals surface area contributed by atoms with Crippen molar-refractivity contribution in [2.45, 2.75) is 69.1 Å². The lowest BCUT2D eigenvalue weighted by Gasteiger charge is -2.39. The Kier molecular flexibility index (Phi) is 6.70. The number of aliphatic hydroxyl groups excluding tert-OH is 2. The largest absolute Gasteiger partial charge is 0.388 e. The second-order valence-electron chi connectivity index (χ2n) is 8.92. The summed E-state index contributed by atoms with van der Waals surface area (Å²) in [5.41, 5.74) is 0. The number of rotatable bonds is 6. The SMILES string of the molecule is O=C(NC[C@H]1O[C@H](CC(=O)N2CCN(C3CCCC[NH2+]3)CC2)[C@H](O)[C@@H]1O)C1CC1. The molecule has 0 aromatic rings. The van der Waals surface area contributed by atoms with Gasteiger partial charge in [0.05, 0.1) is 19.1 Å². The van der Waals surface area contributed by atoms with Gasteiger partial charge in [-0.15, -0.1) is 0 Å². The van der Waals surface area contributed by atoms with Gasteiger partial charge in [0.15, 0.2) is 0 Å². The number of nitrogens with zero attached hydrogens (tertiary/aromatic N) is 2. The third kappa shape index (κ3) is 5.08. The van der Waals surface area contributed by atoms with Gasteiger partial charge in [0, 0.05) is 45.1 Å². The number of aliphatic hydroxyl groups is 2. The summed E-state index contributed by atoms with van der Waals surface area (Å²) in [6, 6.07) is 0. The van der Waals surface area contributed by atoms with Gasteiger partial charge < -0.3 is 30.5 Å². The van der Waals surface area contributed by atoms with Crippen LogP contribution in [0.2, 0.25) is 0 Å². The number of nitrogens with one attached hydrogen (secondary N) is 1. The molecule has 9 heteroatoms. The van der Waals surface area contributed by atoms with Crippen LogP contribution < -0.4 is 10.6 Å². The molecule has 4 rings (SSSR count). The molecule has 9 nitrogen and oxygen atoms in total. The standard InChI is InChI=1S/C20H34N4O5/c25-17(24-9-7-23(8-10-24)16-3-1-2-6-21-16)11-14-18(26)19(27)15(29-14)12-22-20(28)13-4-5-13/h13-16,18-19,21,26-27H,1-12H2,(H,22,28)/p+1/t14-,15-,16?,18+,19-/m1/s1. The quantitative estimate of drug-likeness (QED) is 0.387. The van der Waals surface area contributed by atoms with E-state index in [9.17, 15) is 19.8 Å². The number of hydrogen-bond donors (Lipinski definition) is 4. The molecular weight excluding hydrogens is 376 g/mol. The smallest absolute Gasteiger partial charge is 0.225 e. The lowest BCUT2D eigenvalue weighted by molar-refractivity contribution is -0.717. The van der Waals surface area contributed by atoms with E-state index in [1.807, 2.05) is 4.90 Å². The number of carbonyl (C=O) groups excluding carboxylic acids is 2. The zero-order valence-corrected chi connectivity index (χ0v) is 17.0. The van der Waals surface area contributed by atoms with Crippen LogP contribution >= 0.6 is 0 Å². The highest BCUT2D eigenvalue weighted by atomic mass is 16.5. The van der Waals surface area contributed by atoms with Crippen molar-refractivity contribution in [1.82, 2.24) is 15.1 Å². The molecule has 0 radical (unpaired) electrons. The van der Waals surface area contributed by atoms with Gasteiger partial charge in [0.1, 0.15) is 24.5 Å². The summed E-state index contributed by atoms with van der Waals surface area (Å²) in [4.78, 5) is 28.8. The molecule has 5 N–H and O–H groups in total. The first-order valence-electron chi connectivity index (χ1n) is 11.2. The molecule has 164 valence electrons. The van der Waals surface area contributed by atoms with Gasteiger partial charge in [0.2, 0.25) is 11.8 Å². The monoisotopic (exact) mass is 411 g/mol. The molecule has 4 aliphatic rings. The van der Waals surface area contributed by atoms with E-state index in [0.717, 1.165) is 25.9 Å². The summed E-state index contributed by atoms with van der Waals surface area (Å²) in [6.45, 7) is 4.48. The molecule has 0 aromatic heterocycles. The average molecular weight is 412 g/mol. The molecule has 0 aromatic carbocycles. The van der Waals surface area contributed by atoms with E-state index in [0.29, 0.717) is 19.3 Å². The van der Waals surface area contributed by atoms with Crippen LogP contribution in [0.15, 0.2) is 0 Å².